The lowest BCUT2D eigenvalue weighted by molar-refractivity contribution is 0.0792. The van der Waals surface area contributed by atoms with Crippen LogP contribution in [0.2, 0.25) is 0 Å². The van der Waals surface area contributed by atoms with Crippen LogP contribution in [0.4, 0.5) is 10.5 Å². The lowest BCUT2D eigenvalue weighted by Crippen LogP contribution is -2.61. The summed E-state index contributed by atoms with van der Waals surface area (Å²) in [5, 5.41) is 11.9. The van der Waals surface area contributed by atoms with E-state index in [0.29, 0.717) is 40.0 Å². The van der Waals surface area contributed by atoms with Crippen LogP contribution in [0.5, 0.6) is 11.5 Å². The van der Waals surface area contributed by atoms with Crippen LogP contribution in [-0.4, -0.2) is 53.3 Å². The standard InChI is InChI=1S/C20H21N5O4S/c1-10-11(2)23-24-19-15(10)16(21)17(30-19)18(26)22-12-8-25(9-12)20(27)29-14-6-4-13(28-3)5-7-14/h4-7,12H,8-9,21H2,1-3H3,(H,22,26). The molecule has 10 heteroatoms. The summed E-state index contributed by atoms with van der Waals surface area (Å²) in [5.41, 5.74) is 8.33. The number of nitrogens with one attached hydrogen (secondary N) is 1. The van der Waals surface area contributed by atoms with E-state index < -0.39 is 6.09 Å². The van der Waals surface area contributed by atoms with Crippen molar-refractivity contribution in [2.24, 2.45) is 0 Å². The van der Waals surface area contributed by atoms with Crippen LogP contribution in [0.25, 0.3) is 10.2 Å². The van der Waals surface area contributed by atoms with E-state index >= 15 is 0 Å². The Kier molecular flexibility index (Phi) is 5.17. The molecule has 2 amide bonds. The lowest BCUT2D eigenvalue weighted by Gasteiger charge is -2.38. The van der Waals surface area contributed by atoms with Crippen LogP contribution < -0.4 is 20.5 Å². The molecule has 3 aromatic rings. The number of hydrogen-bond donors (Lipinski definition) is 2. The van der Waals surface area contributed by atoms with Gasteiger partial charge >= 0.3 is 6.09 Å². The van der Waals surface area contributed by atoms with Crippen LogP contribution in [-0.2, 0) is 0 Å². The molecule has 30 heavy (non-hydrogen) atoms. The molecule has 9 nitrogen and oxygen atoms in total. The average Bonchev–Trinajstić information content (AvgIpc) is 3.04. The SMILES string of the molecule is COc1ccc(OC(=O)N2CC(NC(=O)c3sc4nnc(C)c(C)c4c3N)C2)cc1. The second kappa shape index (κ2) is 7.79. The first-order chi connectivity index (χ1) is 14.4. The van der Waals surface area contributed by atoms with E-state index in [9.17, 15) is 9.59 Å². The van der Waals surface area contributed by atoms with Gasteiger partial charge in [0, 0.05) is 18.5 Å². The highest BCUT2D eigenvalue weighted by molar-refractivity contribution is 7.21. The monoisotopic (exact) mass is 427 g/mol. The second-order valence-corrected chi connectivity index (χ2v) is 8.05. The highest BCUT2D eigenvalue weighted by Gasteiger charge is 2.34. The number of likely N-dealkylation sites (tertiary alicyclic amines) is 1. The first-order valence-electron chi connectivity index (χ1n) is 9.31. The Balaban J connectivity index is 1.35. The van der Waals surface area contributed by atoms with E-state index in [4.69, 9.17) is 15.2 Å². The molecule has 0 aliphatic carbocycles. The zero-order valence-electron chi connectivity index (χ0n) is 16.8. The van der Waals surface area contributed by atoms with Gasteiger partial charge in [-0.15, -0.1) is 16.4 Å². The maximum Gasteiger partial charge on any atom is 0.415 e. The van der Waals surface area contributed by atoms with Crippen molar-refractivity contribution in [2.75, 3.05) is 25.9 Å². The van der Waals surface area contributed by atoms with Gasteiger partial charge in [0.05, 0.1) is 24.5 Å². The van der Waals surface area contributed by atoms with Gasteiger partial charge in [0.25, 0.3) is 5.91 Å². The van der Waals surface area contributed by atoms with Crippen LogP contribution in [0, 0.1) is 13.8 Å². The number of carbonyl (C=O) groups excluding carboxylic acids is 2. The number of carbonyl (C=O) groups is 2. The number of nitrogen functional groups attached to an aromatic ring is 1. The first-order valence-corrected chi connectivity index (χ1v) is 10.1. The number of aryl methyl sites for hydroxylation is 2. The van der Waals surface area contributed by atoms with E-state index in [1.54, 1.807) is 31.4 Å². The lowest BCUT2D eigenvalue weighted by atomic mass is 10.1. The van der Waals surface area contributed by atoms with Crippen molar-refractivity contribution in [2.45, 2.75) is 19.9 Å². The van der Waals surface area contributed by atoms with Crippen molar-refractivity contribution in [1.82, 2.24) is 20.4 Å². The number of ether oxygens (including phenoxy) is 2. The molecule has 0 spiro atoms. The minimum Gasteiger partial charge on any atom is -0.497 e. The minimum absolute atomic E-state index is 0.167. The van der Waals surface area contributed by atoms with Crippen molar-refractivity contribution in [3.8, 4) is 11.5 Å². The van der Waals surface area contributed by atoms with Gasteiger partial charge in [-0.05, 0) is 43.7 Å². The molecule has 1 fully saturated rings. The number of benzene rings is 1. The maximum absolute atomic E-state index is 12.7. The quantitative estimate of drug-likeness (QED) is 0.656. The van der Waals surface area contributed by atoms with Gasteiger partial charge in [-0.2, -0.15) is 5.10 Å². The Morgan fingerprint density at radius 3 is 2.50 bits per heavy atom. The number of aromatic nitrogens is 2. The van der Waals surface area contributed by atoms with Crippen molar-refractivity contribution >= 4 is 39.2 Å². The predicted octanol–water partition coefficient (Wildman–Crippen LogP) is 2.51. The number of fused-ring (bicyclic) bond motifs is 1. The molecule has 0 atom stereocenters. The number of amides is 2. The minimum atomic E-state index is -0.464. The molecule has 0 saturated carbocycles. The molecular formula is C20H21N5O4S. The Hall–Kier alpha value is -3.40. The number of rotatable bonds is 4. The van der Waals surface area contributed by atoms with Gasteiger partial charge in [0.2, 0.25) is 0 Å². The third-order valence-corrected chi connectivity index (χ3v) is 6.17. The largest absolute Gasteiger partial charge is 0.497 e. The third-order valence-electron chi connectivity index (χ3n) is 5.08. The number of nitrogens with zero attached hydrogens (tertiary/aromatic N) is 3. The molecule has 1 aliphatic rings. The van der Waals surface area contributed by atoms with Gasteiger partial charge in [-0.25, -0.2) is 4.79 Å². The Labute approximate surface area is 176 Å². The number of anilines is 1. The third kappa shape index (κ3) is 3.61. The summed E-state index contributed by atoms with van der Waals surface area (Å²) in [6.07, 6.45) is -0.464. The van der Waals surface area contributed by atoms with E-state index in [2.05, 4.69) is 15.5 Å². The van der Waals surface area contributed by atoms with E-state index in [0.717, 1.165) is 16.6 Å². The van der Waals surface area contributed by atoms with Gasteiger partial charge in [0.1, 0.15) is 21.2 Å². The highest BCUT2D eigenvalue weighted by atomic mass is 32.1. The normalized spacial score (nSPS) is 13.8. The van der Waals surface area contributed by atoms with Gasteiger partial charge in [-0.1, -0.05) is 0 Å². The number of nitrogens with two attached hydrogens (primary N) is 1. The molecule has 0 radical (unpaired) electrons. The van der Waals surface area contributed by atoms with Crippen LogP contribution in [0.3, 0.4) is 0 Å². The number of hydrogen-bond acceptors (Lipinski definition) is 8. The molecule has 1 saturated heterocycles. The molecule has 3 N–H and O–H groups in total. The highest BCUT2D eigenvalue weighted by Crippen LogP contribution is 2.35. The number of thiophene rings is 1. The molecular weight excluding hydrogens is 406 g/mol. The Bertz CT molecular complexity index is 1120. The summed E-state index contributed by atoms with van der Waals surface area (Å²) in [6, 6.07) is 6.58. The number of methoxy groups -OCH3 is 1. The van der Waals surface area contributed by atoms with E-state index in [-0.39, 0.29) is 11.9 Å². The molecule has 1 aliphatic heterocycles. The molecule has 0 unspecified atom stereocenters. The van der Waals surface area contributed by atoms with E-state index in [1.165, 1.54) is 16.2 Å². The molecule has 1 aromatic carbocycles. The van der Waals surface area contributed by atoms with Crippen molar-refractivity contribution in [1.29, 1.82) is 0 Å². The van der Waals surface area contributed by atoms with E-state index in [1.807, 2.05) is 13.8 Å². The summed E-state index contributed by atoms with van der Waals surface area (Å²) < 4.78 is 10.4. The van der Waals surface area contributed by atoms with Crippen molar-refractivity contribution in [3.05, 3.63) is 40.4 Å². The zero-order chi connectivity index (χ0) is 21.4. The Morgan fingerprint density at radius 2 is 1.83 bits per heavy atom. The van der Waals surface area contributed by atoms with Gasteiger partial charge in [0.15, 0.2) is 0 Å². The fraction of sp³-hybridized carbons (Fsp3) is 0.300. The summed E-state index contributed by atoms with van der Waals surface area (Å²) >= 11 is 1.22. The van der Waals surface area contributed by atoms with Gasteiger partial charge < -0.3 is 25.4 Å². The maximum atomic E-state index is 12.7. The summed E-state index contributed by atoms with van der Waals surface area (Å²) in [6.45, 7) is 4.49. The van der Waals surface area contributed by atoms with Crippen LogP contribution in [0.1, 0.15) is 20.9 Å². The zero-order valence-corrected chi connectivity index (χ0v) is 17.6. The summed E-state index contributed by atoms with van der Waals surface area (Å²) in [7, 11) is 1.57. The molecule has 4 rings (SSSR count). The summed E-state index contributed by atoms with van der Waals surface area (Å²) in [4.78, 5) is 27.5. The van der Waals surface area contributed by atoms with Crippen molar-refractivity contribution in [3.63, 3.8) is 0 Å². The van der Waals surface area contributed by atoms with Gasteiger partial charge in [-0.3, -0.25) is 4.79 Å². The second-order valence-electron chi connectivity index (χ2n) is 7.05. The topological polar surface area (TPSA) is 120 Å². The smallest absolute Gasteiger partial charge is 0.415 e. The molecule has 156 valence electrons. The average molecular weight is 427 g/mol. The first kappa shape index (κ1) is 19.9. The van der Waals surface area contributed by atoms with Crippen LogP contribution in [0.15, 0.2) is 24.3 Å². The molecule has 3 heterocycles. The summed E-state index contributed by atoms with van der Waals surface area (Å²) in [5.74, 6) is 0.831. The molecule has 0 bridgehead atoms. The fourth-order valence-electron chi connectivity index (χ4n) is 3.19. The molecule has 2 aromatic heterocycles. The predicted molar refractivity (Wildman–Crippen MR) is 113 cm³/mol. The Morgan fingerprint density at radius 1 is 1.17 bits per heavy atom. The van der Waals surface area contributed by atoms with Crippen molar-refractivity contribution < 1.29 is 19.1 Å². The van der Waals surface area contributed by atoms with Crippen LogP contribution >= 0.6 is 11.3 Å². The fourth-order valence-corrected chi connectivity index (χ4v) is 4.19.